The van der Waals surface area contributed by atoms with Crippen molar-refractivity contribution in [3.8, 4) is 0 Å². The molecule has 1 heterocycles. The molecule has 1 aliphatic heterocycles. The third-order valence-corrected chi connectivity index (χ3v) is 3.63. The SMILES string of the molecule is CCC1(CC)COCC(CS(N)(=O)=O)O1. The lowest BCUT2D eigenvalue weighted by Crippen LogP contribution is -2.49. The molecule has 0 aromatic rings. The standard InChI is InChI=1S/C9H19NO4S/c1-3-9(4-2)7-13-5-8(14-9)6-15(10,11)12/h8H,3-7H2,1-2H3,(H2,10,11,12). The Morgan fingerprint density at radius 1 is 1.40 bits per heavy atom. The van der Waals surface area contributed by atoms with Crippen molar-refractivity contribution in [2.24, 2.45) is 5.14 Å². The van der Waals surface area contributed by atoms with Crippen LogP contribution in [0.2, 0.25) is 0 Å². The summed E-state index contributed by atoms with van der Waals surface area (Å²) in [5, 5.41) is 4.97. The lowest BCUT2D eigenvalue weighted by atomic mass is 9.97. The molecule has 0 spiro atoms. The van der Waals surface area contributed by atoms with Crippen molar-refractivity contribution in [3.63, 3.8) is 0 Å². The molecule has 1 aliphatic rings. The number of sulfonamides is 1. The zero-order valence-corrected chi connectivity index (χ0v) is 10.0. The van der Waals surface area contributed by atoms with E-state index in [0.29, 0.717) is 13.2 Å². The maximum atomic E-state index is 10.9. The Morgan fingerprint density at radius 2 is 2.00 bits per heavy atom. The first-order valence-corrected chi connectivity index (χ1v) is 6.88. The van der Waals surface area contributed by atoms with Crippen LogP contribution < -0.4 is 5.14 Å². The summed E-state index contributed by atoms with van der Waals surface area (Å²) in [5.74, 6) is -0.172. The van der Waals surface area contributed by atoms with E-state index in [0.717, 1.165) is 12.8 Å². The summed E-state index contributed by atoms with van der Waals surface area (Å²) < 4.78 is 33.0. The van der Waals surface area contributed by atoms with Crippen molar-refractivity contribution >= 4 is 10.0 Å². The molecule has 1 unspecified atom stereocenters. The summed E-state index contributed by atoms with van der Waals surface area (Å²) in [6.07, 6.45) is 1.18. The summed E-state index contributed by atoms with van der Waals surface area (Å²) in [6, 6.07) is 0. The summed E-state index contributed by atoms with van der Waals surface area (Å²) in [6.45, 7) is 4.84. The predicted molar refractivity (Wildman–Crippen MR) is 57.0 cm³/mol. The monoisotopic (exact) mass is 237 g/mol. The van der Waals surface area contributed by atoms with Gasteiger partial charge in [0.05, 0.1) is 30.7 Å². The topological polar surface area (TPSA) is 78.6 Å². The number of hydrogen-bond donors (Lipinski definition) is 1. The summed E-state index contributed by atoms with van der Waals surface area (Å²) >= 11 is 0. The second-order valence-corrected chi connectivity index (χ2v) is 5.63. The van der Waals surface area contributed by atoms with Crippen LogP contribution in [0.1, 0.15) is 26.7 Å². The smallest absolute Gasteiger partial charge is 0.211 e. The molecule has 90 valence electrons. The molecular weight excluding hydrogens is 218 g/mol. The molecular formula is C9H19NO4S. The van der Waals surface area contributed by atoms with Gasteiger partial charge in [0, 0.05) is 0 Å². The predicted octanol–water partition coefficient (Wildman–Crippen LogP) is 0.249. The molecule has 5 nitrogen and oxygen atoms in total. The highest BCUT2D eigenvalue weighted by Gasteiger charge is 2.36. The van der Waals surface area contributed by atoms with Gasteiger partial charge in [-0.3, -0.25) is 0 Å². The fraction of sp³-hybridized carbons (Fsp3) is 1.00. The minimum atomic E-state index is -3.50. The number of rotatable bonds is 4. The van der Waals surface area contributed by atoms with E-state index in [1.807, 2.05) is 13.8 Å². The molecule has 15 heavy (non-hydrogen) atoms. The minimum absolute atomic E-state index is 0.172. The molecule has 0 bridgehead atoms. The van der Waals surface area contributed by atoms with Gasteiger partial charge < -0.3 is 9.47 Å². The van der Waals surface area contributed by atoms with E-state index >= 15 is 0 Å². The molecule has 0 saturated carbocycles. The van der Waals surface area contributed by atoms with Crippen molar-refractivity contribution < 1.29 is 17.9 Å². The van der Waals surface area contributed by atoms with Crippen molar-refractivity contribution in [3.05, 3.63) is 0 Å². The second-order valence-electron chi connectivity index (χ2n) is 3.97. The molecule has 1 fully saturated rings. The van der Waals surface area contributed by atoms with Crippen LogP contribution in [-0.2, 0) is 19.5 Å². The maximum Gasteiger partial charge on any atom is 0.211 e. The van der Waals surface area contributed by atoms with Gasteiger partial charge in [-0.05, 0) is 12.8 Å². The highest BCUT2D eigenvalue weighted by Crippen LogP contribution is 2.27. The van der Waals surface area contributed by atoms with E-state index in [1.54, 1.807) is 0 Å². The molecule has 0 aliphatic carbocycles. The average Bonchev–Trinajstić information content (AvgIpc) is 2.15. The van der Waals surface area contributed by atoms with Gasteiger partial charge in [0.15, 0.2) is 0 Å². The molecule has 2 N–H and O–H groups in total. The van der Waals surface area contributed by atoms with Crippen molar-refractivity contribution in [1.82, 2.24) is 0 Å². The van der Waals surface area contributed by atoms with Crippen molar-refractivity contribution in [2.45, 2.75) is 38.4 Å². The summed E-state index contributed by atoms with van der Waals surface area (Å²) in [7, 11) is -3.50. The van der Waals surface area contributed by atoms with Gasteiger partial charge in [-0.1, -0.05) is 13.8 Å². The Kier molecular flexibility index (Phi) is 4.11. The van der Waals surface area contributed by atoms with Crippen LogP contribution in [0.5, 0.6) is 0 Å². The van der Waals surface area contributed by atoms with Gasteiger partial charge in [0.25, 0.3) is 0 Å². The fourth-order valence-electron chi connectivity index (χ4n) is 1.76. The maximum absolute atomic E-state index is 10.9. The van der Waals surface area contributed by atoms with Gasteiger partial charge >= 0.3 is 0 Å². The molecule has 1 rings (SSSR count). The van der Waals surface area contributed by atoms with Gasteiger partial charge in [-0.25, -0.2) is 13.6 Å². The van der Waals surface area contributed by atoms with Crippen LogP contribution in [0.4, 0.5) is 0 Å². The second kappa shape index (κ2) is 4.78. The largest absolute Gasteiger partial charge is 0.376 e. The minimum Gasteiger partial charge on any atom is -0.376 e. The van der Waals surface area contributed by atoms with E-state index in [4.69, 9.17) is 14.6 Å². The van der Waals surface area contributed by atoms with Gasteiger partial charge in [0.1, 0.15) is 0 Å². The zero-order chi connectivity index (χ0) is 11.5. The van der Waals surface area contributed by atoms with E-state index in [1.165, 1.54) is 0 Å². The highest BCUT2D eigenvalue weighted by atomic mass is 32.2. The Labute approximate surface area is 91.0 Å². The fourth-order valence-corrected chi connectivity index (χ4v) is 2.44. The van der Waals surface area contributed by atoms with Crippen LogP contribution in [-0.4, -0.2) is 39.1 Å². The number of hydrogen-bond acceptors (Lipinski definition) is 4. The first-order valence-electron chi connectivity index (χ1n) is 5.17. The molecule has 0 aromatic carbocycles. The molecule has 6 heteroatoms. The Bertz CT molecular complexity index is 297. The quantitative estimate of drug-likeness (QED) is 0.760. The molecule has 0 radical (unpaired) electrons. The lowest BCUT2D eigenvalue weighted by molar-refractivity contribution is -0.194. The lowest BCUT2D eigenvalue weighted by Gasteiger charge is -2.39. The van der Waals surface area contributed by atoms with Crippen LogP contribution in [0.3, 0.4) is 0 Å². The van der Waals surface area contributed by atoms with Gasteiger partial charge in [-0.15, -0.1) is 0 Å². The van der Waals surface area contributed by atoms with E-state index < -0.39 is 16.1 Å². The number of primary sulfonamides is 1. The van der Waals surface area contributed by atoms with Crippen LogP contribution in [0.15, 0.2) is 0 Å². The van der Waals surface area contributed by atoms with Crippen LogP contribution in [0, 0.1) is 0 Å². The van der Waals surface area contributed by atoms with Gasteiger partial charge in [-0.2, -0.15) is 0 Å². The number of nitrogens with two attached hydrogens (primary N) is 1. The average molecular weight is 237 g/mol. The van der Waals surface area contributed by atoms with Crippen molar-refractivity contribution in [1.29, 1.82) is 0 Å². The third-order valence-electron chi connectivity index (χ3n) is 2.79. The van der Waals surface area contributed by atoms with Gasteiger partial charge in [0.2, 0.25) is 10.0 Å². The molecule has 1 atom stereocenters. The first kappa shape index (κ1) is 12.9. The zero-order valence-electron chi connectivity index (χ0n) is 9.23. The van der Waals surface area contributed by atoms with Crippen LogP contribution >= 0.6 is 0 Å². The van der Waals surface area contributed by atoms with Crippen LogP contribution in [0.25, 0.3) is 0 Å². The normalized spacial score (nSPS) is 26.5. The van der Waals surface area contributed by atoms with Crippen molar-refractivity contribution in [2.75, 3.05) is 19.0 Å². The molecule has 0 aromatic heterocycles. The van der Waals surface area contributed by atoms with E-state index in [2.05, 4.69) is 0 Å². The molecule has 0 amide bonds. The third kappa shape index (κ3) is 3.71. The Morgan fingerprint density at radius 3 is 2.47 bits per heavy atom. The van der Waals surface area contributed by atoms with E-state index in [9.17, 15) is 8.42 Å². The number of ether oxygens (including phenoxy) is 2. The summed E-state index contributed by atoms with van der Waals surface area (Å²) in [4.78, 5) is 0. The van der Waals surface area contributed by atoms with E-state index in [-0.39, 0.29) is 11.4 Å². The highest BCUT2D eigenvalue weighted by molar-refractivity contribution is 7.89. The first-order chi connectivity index (χ1) is 6.91. The summed E-state index contributed by atoms with van der Waals surface area (Å²) in [5.41, 5.74) is -0.340. The molecule has 1 saturated heterocycles. The Balaban J connectivity index is 2.63. The Hall–Kier alpha value is -0.170.